The third-order valence-corrected chi connectivity index (χ3v) is 3.04. The van der Waals surface area contributed by atoms with Crippen LogP contribution in [0.2, 0.25) is 0 Å². The number of hydrogen-bond acceptors (Lipinski definition) is 1. The van der Waals surface area contributed by atoms with Gasteiger partial charge in [-0.1, -0.05) is 36.4 Å². The minimum absolute atomic E-state index is 0.107. The lowest BCUT2D eigenvalue weighted by Crippen LogP contribution is -2.09. The van der Waals surface area contributed by atoms with Crippen LogP contribution in [0.25, 0.3) is 11.1 Å². The topological polar surface area (TPSA) is 20.2 Å². The fourth-order valence-corrected chi connectivity index (χ4v) is 2.04. The number of aryl methyl sites for hydroxylation is 1. The van der Waals surface area contributed by atoms with E-state index in [4.69, 9.17) is 5.11 Å². The summed E-state index contributed by atoms with van der Waals surface area (Å²) in [4.78, 5) is 0. The first-order chi connectivity index (χ1) is 8.93. The average Bonchev–Trinajstić information content (AvgIpc) is 2.37. The van der Waals surface area contributed by atoms with Gasteiger partial charge in [-0.05, 0) is 35.2 Å². The second kappa shape index (κ2) is 5.05. The molecular formula is C15H13F3O. The van der Waals surface area contributed by atoms with Crippen LogP contribution in [-0.2, 0) is 12.8 Å². The first-order valence-corrected chi connectivity index (χ1v) is 5.80. The van der Waals surface area contributed by atoms with E-state index in [1.54, 1.807) is 18.2 Å². The molecule has 2 rings (SSSR count). The molecule has 0 aliphatic heterocycles. The Balaban J connectivity index is 2.59. The molecule has 0 spiro atoms. The molecule has 0 aliphatic rings. The summed E-state index contributed by atoms with van der Waals surface area (Å²) in [6, 6.07) is 11.3. The van der Waals surface area contributed by atoms with Crippen LogP contribution in [0.4, 0.5) is 13.2 Å². The van der Waals surface area contributed by atoms with Crippen molar-refractivity contribution in [2.24, 2.45) is 0 Å². The Hall–Kier alpha value is -1.81. The zero-order valence-corrected chi connectivity index (χ0v) is 10.3. The summed E-state index contributed by atoms with van der Waals surface area (Å²) in [5.74, 6) is 0. The van der Waals surface area contributed by atoms with Crippen molar-refractivity contribution in [2.45, 2.75) is 19.7 Å². The first-order valence-electron chi connectivity index (χ1n) is 5.80. The second-order valence-corrected chi connectivity index (χ2v) is 4.34. The molecule has 2 aromatic rings. The van der Waals surface area contributed by atoms with E-state index >= 15 is 0 Å². The highest BCUT2D eigenvalue weighted by Gasteiger charge is 2.33. The van der Waals surface area contributed by atoms with Crippen LogP contribution in [-0.4, -0.2) is 5.11 Å². The third kappa shape index (κ3) is 2.79. The van der Waals surface area contributed by atoms with Crippen molar-refractivity contribution in [1.29, 1.82) is 0 Å². The smallest absolute Gasteiger partial charge is 0.392 e. The van der Waals surface area contributed by atoms with Crippen LogP contribution in [0.5, 0.6) is 0 Å². The van der Waals surface area contributed by atoms with E-state index in [1.165, 1.54) is 6.07 Å². The first kappa shape index (κ1) is 13.6. The minimum Gasteiger partial charge on any atom is -0.392 e. The zero-order valence-electron chi connectivity index (χ0n) is 10.3. The van der Waals surface area contributed by atoms with E-state index < -0.39 is 18.3 Å². The number of hydrogen-bond donors (Lipinski definition) is 1. The monoisotopic (exact) mass is 266 g/mol. The van der Waals surface area contributed by atoms with E-state index in [9.17, 15) is 13.2 Å². The van der Waals surface area contributed by atoms with Gasteiger partial charge in [-0.2, -0.15) is 13.2 Å². The van der Waals surface area contributed by atoms with Crippen molar-refractivity contribution in [3.63, 3.8) is 0 Å². The van der Waals surface area contributed by atoms with E-state index in [0.29, 0.717) is 5.56 Å². The summed E-state index contributed by atoms with van der Waals surface area (Å²) in [6.07, 6.45) is -4.46. The van der Waals surface area contributed by atoms with Crippen LogP contribution < -0.4 is 0 Å². The Bertz CT molecular complexity index is 588. The number of rotatable bonds is 2. The fourth-order valence-electron chi connectivity index (χ4n) is 2.04. The Morgan fingerprint density at radius 1 is 1.05 bits per heavy atom. The number of aliphatic hydroxyl groups excluding tert-OH is 1. The summed E-state index contributed by atoms with van der Waals surface area (Å²) in [6.45, 7) is 1.23. The van der Waals surface area contributed by atoms with E-state index in [2.05, 4.69) is 0 Å². The van der Waals surface area contributed by atoms with Gasteiger partial charge in [-0.3, -0.25) is 0 Å². The maximum atomic E-state index is 12.9. The van der Waals surface area contributed by atoms with Crippen molar-refractivity contribution < 1.29 is 18.3 Å². The van der Waals surface area contributed by atoms with Crippen molar-refractivity contribution in [3.8, 4) is 11.1 Å². The molecule has 19 heavy (non-hydrogen) atoms. The SMILES string of the molecule is Cc1ccccc1-c1ccc(CO)c(C(F)(F)F)c1. The zero-order chi connectivity index (χ0) is 14.0. The lowest BCUT2D eigenvalue weighted by molar-refractivity contribution is -0.138. The van der Waals surface area contributed by atoms with E-state index in [1.807, 2.05) is 19.1 Å². The maximum absolute atomic E-state index is 12.9. The van der Waals surface area contributed by atoms with Gasteiger partial charge >= 0.3 is 6.18 Å². The van der Waals surface area contributed by atoms with Gasteiger partial charge < -0.3 is 5.11 Å². The van der Waals surface area contributed by atoms with Gasteiger partial charge in [0.05, 0.1) is 12.2 Å². The van der Waals surface area contributed by atoms with Gasteiger partial charge in [0.2, 0.25) is 0 Å². The van der Waals surface area contributed by atoms with Gasteiger partial charge in [0.25, 0.3) is 0 Å². The Morgan fingerprint density at radius 2 is 1.74 bits per heavy atom. The summed E-state index contributed by atoms with van der Waals surface area (Å²) in [7, 11) is 0. The Kier molecular flexibility index (Phi) is 3.62. The quantitative estimate of drug-likeness (QED) is 0.864. The van der Waals surface area contributed by atoms with Crippen molar-refractivity contribution in [1.82, 2.24) is 0 Å². The number of benzene rings is 2. The largest absolute Gasteiger partial charge is 0.416 e. The molecule has 0 aliphatic carbocycles. The summed E-state index contributed by atoms with van der Waals surface area (Å²) >= 11 is 0. The summed E-state index contributed by atoms with van der Waals surface area (Å²) in [5.41, 5.74) is 1.29. The standard InChI is InChI=1S/C15H13F3O/c1-10-4-2-3-5-13(10)11-6-7-12(9-19)14(8-11)15(16,17)18/h2-8,19H,9H2,1H3. The molecule has 0 amide bonds. The molecule has 0 radical (unpaired) electrons. The molecule has 4 heteroatoms. The highest BCUT2D eigenvalue weighted by molar-refractivity contribution is 5.68. The van der Waals surface area contributed by atoms with E-state index in [0.717, 1.165) is 17.2 Å². The minimum atomic E-state index is -4.46. The van der Waals surface area contributed by atoms with Gasteiger partial charge in [-0.15, -0.1) is 0 Å². The molecule has 0 heterocycles. The van der Waals surface area contributed by atoms with Gasteiger partial charge in [0.1, 0.15) is 0 Å². The van der Waals surface area contributed by atoms with Crippen LogP contribution in [0, 0.1) is 6.92 Å². The predicted octanol–water partition coefficient (Wildman–Crippen LogP) is 4.17. The average molecular weight is 266 g/mol. The molecular weight excluding hydrogens is 253 g/mol. The molecule has 0 aromatic heterocycles. The molecule has 0 unspecified atom stereocenters. The molecule has 0 saturated carbocycles. The fraction of sp³-hybridized carbons (Fsp3) is 0.200. The second-order valence-electron chi connectivity index (χ2n) is 4.34. The van der Waals surface area contributed by atoms with Crippen molar-refractivity contribution >= 4 is 0 Å². The predicted molar refractivity (Wildman–Crippen MR) is 67.5 cm³/mol. The van der Waals surface area contributed by atoms with Gasteiger partial charge in [0.15, 0.2) is 0 Å². The number of aliphatic hydroxyl groups is 1. The molecule has 0 bridgehead atoms. The van der Waals surface area contributed by atoms with Crippen LogP contribution in [0.15, 0.2) is 42.5 Å². The Morgan fingerprint density at radius 3 is 2.32 bits per heavy atom. The summed E-state index contributed by atoms with van der Waals surface area (Å²) in [5, 5.41) is 9.00. The molecule has 1 nitrogen and oxygen atoms in total. The molecule has 0 saturated heterocycles. The van der Waals surface area contributed by atoms with Crippen molar-refractivity contribution in [3.05, 3.63) is 59.2 Å². The molecule has 1 N–H and O–H groups in total. The van der Waals surface area contributed by atoms with Gasteiger partial charge in [-0.25, -0.2) is 0 Å². The highest BCUT2D eigenvalue weighted by atomic mass is 19.4. The van der Waals surface area contributed by atoms with E-state index in [-0.39, 0.29) is 5.56 Å². The van der Waals surface area contributed by atoms with Crippen LogP contribution >= 0.6 is 0 Å². The third-order valence-electron chi connectivity index (χ3n) is 3.04. The molecule has 2 aromatic carbocycles. The normalized spacial score (nSPS) is 11.6. The molecule has 100 valence electrons. The maximum Gasteiger partial charge on any atom is 0.416 e. The van der Waals surface area contributed by atoms with Gasteiger partial charge in [0, 0.05) is 0 Å². The summed E-state index contributed by atoms with van der Waals surface area (Å²) < 4.78 is 38.8. The van der Waals surface area contributed by atoms with Crippen LogP contribution in [0.1, 0.15) is 16.7 Å². The highest BCUT2D eigenvalue weighted by Crippen LogP contribution is 2.35. The Labute approximate surface area is 109 Å². The van der Waals surface area contributed by atoms with Crippen LogP contribution in [0.3, 0.4) is 0 Å². The lowest BCUT2D eigenvalue weighted by atomic mass is 9.96. The molecule has 0 fully saturated rings. The number of alkyl halides is 3. The molecule has 0 atom stereocenters. The van der Waals surface area contributed by atoms with Crippen molar-refractivity contribution in [2.75, 3.05) is 0 Å². The lowest BCUT2D eigenvalue weighted by Gasteiger charge is -2.14. The number of halogens is 3.